The first kappa shape index (κ1) is 8.34. The molecular formula is C12H20. The van der Waals surface area contributed by atoms with Crippen LogP contribution < -0.4 is 0 Å². The molecule has 0 atom stereocenters. The Hall–Kier alpha value is -0.260. The van der Waals surface area contributed by atoms with Gasteiger partial charge in [-0.25, -0.2) is 0 Å². The fourth-order valence-electron chi connectivity index (χ4n) is 2.70. The van der Waals surface area contributed by atoms with Gasteiger partial charge in [0, 0.05) is 0 Å². The Morgan fingerprint density at radius 3 is 2.50 bits per heavy atom. The van der Waals surface area contributed by atoms with Crippen LogP contribution in [-0.4, -0.2) is 0 Å². The van der Waals surface area contributed by atoms with E-state index in [0.29, 0.717) is 0 Å². The molecule has 2 rings (SSSR count). The standard InChI is InChI=1S/C12H20/c1-10-6-8-12(9-7-10)11-4-2-3-5-11/h4,10,12H,2-3,5-9H2,1H3. The lowest BCUT2D eigenvalue weighted by atomic mass is 9.79. The molecule has 1 fully saturated rings. The first-order valence-electron chi connectivity index (χ1n) is 5.55. The first-order chi connectivity index (χ1) is 5.86. The van der Waals surface area contributed by atoms with Gasteiger partial charge in [0.2, 0.25) is 0 Å². The zero-order chi connectivity index (χ0) is 8.39. The Balaban J connectivity index is 1.88. The van der Waals surface area contributed by atoms with E-state index in [9.17, 15) is 0 Å². The summed E-state index contributed by atoms with van der Waals surface area (Å²) in [5.74, 6) is 1.99. The van der Waals surface area contributed by atoms with E-state index in [1.807, 2.05) is 5.57 Å². The molecule has 0 bridgehead atoms. The Labute approximate surface area is 76.1 Å². The SMILES string of the molecule is CC1CCC(C2=CCCC2)CC1. The summed E-state index contributed by atoms with van der Waals surface area (Å²) in [6.07, 6.45) is 12.6. The fourth-order valence-corrected chi connectivity index (χ4v) is 2.70. The third-order valence-electron chi connectivity index (χ3n) is 3.62. The Morgan fingerprint density at radius 2 is 1.92 bits per heavy atom. The molecule has 0 nitrogen and oxygen atoms in total. The van der Waals surface area contributed by atoms with Crippen LogP contribution in [0.2, 0.25) is 0 Å². The lowest BCUT2D eigenvalue weighted by Gasteiger charge is -2.27. The molecule has 0 spiro atoms. The molecular weight excluding hydrogens is 144 g/mol. The van der Waals surface area contributed by atoms with Crippen LogP contribution in [-0.2, 0) is 0 Å². The van der Waals surface area contributed by atoms with Gasteiger partial charge in [-0.3, -0.25) is 0 Å². The second-order valence-electron chi connectivity index (χ2n) is 4.63. The third kappa shape index (κ3) is 1.73. The molecule has 12 heavy (non-hydrogen) atoms. The van der Waals surface area contributed by atoms with E-state index in [-0.39, 0.29) is 0 Å². The molecule has 0 amide bonds. The van der Waals surface area contributed by atoms with Crippen molar-refractivity contribution in [2.24, 2.45) is 11.8 Å². The zero-order valence-corrected chi connectivity index (χ0v) is 8.18. The highest BCUT2D eigenvalue weighted by Crippen LogP contribution is 2.37. The second kappa shape index (κ2) is 3.64. The summed E-state index contributed by atoms with van der Waals surface area (Å²) in [6, 6.07) is 0. The molecule has 0 saturated heterocycles. The maximum atomic E-state index is 2.51. The fraction of sp³-hybridized carbons (Fsp3) is 0.833. The van der Waals surface area contributed by atoms with Gasteiger partial charge in [-0.05, 0) is 43.9 Å². The lowest BCUT2D eigenvalue weighted by molar-refractivity contribution is 0.317. The molecule has 0 heterocycles. The van der Waals surface area contributed by atoms with Gasteiger partial charge in [0.05, 0.1) is 0 Å². The summed E-state index contributed by atoms with van der Waals surface area (Å²) in [7, 11) is 0. The molecule has 0 unspecified atom stereocenters. The number of hydrogen-bond donors (Lipinski definition) is 0. The molecule has 0 aromatic carbocycles. The van der Waals surface area contributed by atoms with Crippen molar-refractivity contribution in [2.45, 2.75) is 51.9 Å². The Kier molecular flexibility index (Phi) is 2.53. The van der Waals surface area contributed by atoms with E-state index in [0.717, 1.165) is 11.8 Å². The van der Waals surface area contributed by atoms with Crippen molar-refractivity contribution in [1.82, 2.24) is 0 Å². The van der Waals surface area contributed by atoms with Gasteiger partial charge in [-0.1, -0.05) is 31.4 Å². The Bertz CT molecular complexity index is 170. The summed E-state index contributed by atoms with van der Waals surface area (Å²) >= 11 is 0. The summed E-state index contributed by atoms with van der Waals surface area (Å²) in [5.41, 5.74) is 1.81. The van der Waals surface area contributed by atoms with Crippen molar-refractivity contribution in [1.29, 1.82) is 0 Å². The summed E-state index contributed by atoms with van der Waals surface area (Å²) in [6.45, 7) is 2.40. The summed E-state index contributed by atoms with van der Waals surface area (Å²) < 4.78 is 0. The van der Waals surface area contributed by atoms with Gasteiger partial charge < -0.3 is 0 Å². The van der Waals surface area contributed by atoms with Crippen LogP contribution in [0, 0.1) is 11.8 Å². The highest BCUT2D eigenvalue weighted by atomic mass is 14.3. The van der Waals surface area contributed by atoms with E-state index in [2.05, 4.69) is 13.0 Å². The van der Waals surface area contributed by atoms with Crippen molar-refractivity contribution in [2.75, 3.05) is 0 Å². The van der Waals surface area contributed by atoms with Gasteiger partial charge in [-0.2, -0.15) is 0 Å². The van der Waals surface area contributed by atoms with Crippen molar-refractivity contribution >= 4 is 0 Å². The third-order valence-corrected chi connectivity index (χ3v) is 3.62. The van der Waals surface area contributed by atoms with Crippen molar-refractivity contribution in [3.63, 3.8) is 0 Å². The maximum absolute atomic E-state index is 2.51. The van der Waals surface area contributed by atoms with Gasteiger partial charge in [0.1, 0.15) is 0 Å². The number of rotatable bonds is 1. The highest BCUT2D eigenvalue weighted by molar-refractivity contribution is 5.12. The van der Waals surface area contributed by atoms with Crippen molar-refractivity contribution in [3.8, 4) is 0 Å². The molecule has 0 radical (unpaired) electrons. The molecule has 0 N–H and O–H groups in total. The summed E-state index contributed by atoms with van der Waals surface area (Å²) in [4.78, 5) is 0. The van der Waals surface area contributed by atoms with Crippen LogP contribution in [0.4, 0.5) is 0 Å². The monoisotopic (exact) mass is 164 g/mol. The van der Waals surface area contributed by atoms with E-state index < -0.39 is 0 Å². The van der Waals surface area contributed by atoms with E-state index in [1.54, 1.807) is 0 Å². The number of hydrogen-bond acceptors (Lipinski definition) is 0. The molecule has 2 aliphatic rings. The van der Waals surface area contributed by atoms with E-state index in [1.165, 1.54) is 44.9 Å². The van der Waals surface area contributed by atoms with Crippen molar-refractivity contribution in [3.05, 3.63) is 11.6 Å². The quantitative estimate of drug-likeness (QED) is 0.515. The van der Waals surface area contributed by atoms with Crippen LogP contribution in [0.5, 0.6) is 0 Å². The molecule has 0 aromatic heterocycles. The minimum Gasteiger partial charge on any atom is -0.0850 e. The average molecular weight is 164 g/mol. The molecule has 0 aromatic rings. The van der Waals surface area contributed by atoms with Crippen LogP contribution in [0.15, 0.2) is 11.6 Å². The van der Waals surface area contributed by atoms with Crippen molar-refractivity contribution < 1.29 is 0 Å². The van der Waals surface area contributed by atoms with Crippen LogP contribution >= 0.6 is 0 Å². The summed E-state index contributed by atoms with van der Waals surface area (Å²) in [5, 5.41) is 0. The van der Waals surface area contributed by atoms with Crippen LogP contribution in [0.25, 0.3) is 0 Å². The molecule has 68 valence electrons. The predicted molar refractivity (Wildman–Crippen MR) is 53.1 cm³/mol. The second-order valence-corrected chi connectivity index (χ2v) is 4.63. The predicted octanol–water partition coefficient (Wildman–Crippen LogP) is 3.92. The van der Waals surface area contributed by atoms with E-state index in [4.69, 9.17) is 0 Å². The molecule has 2 aliphatic carbocycles. The molecule has 0 heteroatoms. The smallest absolute Gasteiger partial charge is 0.0203 e. The van der Waals surface area contributed by atoms with Gasteiger partial charge in [0.15, 0.2) is 0 Å². The topological polar surface area (TPSA) is 0 Å². The molecule has 0 aliphatic heterocycles. The van der Waals surface area contributed by atoms with Crippen LogP contribution in [0.1, 0.15) is 51.9 Å². The zero-order valence-electron chi connectivity index (χ0n) is 8.18. The molecule has 1 saturated carbocycles. The van der Waals surface area contributed by atoms with Gasteiger partial charge in [0.25, 0.3) is 0 Å². The normalized spacial score (nSPS) is 36.6. The van der Waals surface area contributed by atoms with Crippen LogP contribution in [0.3, 0.4) is 0 Å². The van der Waals surface area contributed by atoms with E-state index >= 15 is 0 Å². The highest BCUT2D eigenvalue weighted by Gasteiger charge is 2.22. The first-order valence-corrected chi connectivity index (χ1v) is 5.55. The lowest BCUT2D eigenvalue weighted by Crippen LogP contribution is -2.13. The average Bonchev–Trinajstić information content (AvgIpc) is 2.58. The largest absolute Gasteiger partial charge is 0.0850 e. The number of allylic oxidation sites excluding steroid dienone is 2. The maximum Gasteiger partial charge on any atom is -0.0203 e. The minimum atomic E-state index is 0.990. The Morgan fingerprint density at radius 1 is 1.17 bits per heavy atom. The van der Waals surface area contributed by atoms with Gasteiger partial charge >= 0.3 is 0 Å². The minimum absolute atomic E-state index is 0.990. The van der Waals surface area contributed by atoms with Gasteiger partial charge in [-0.15, -0.1) is 0 Å².